The van der Waals surface area contributed by atoms with Gasteiger partial charge in [0.2, 0.25) is 5.43 Å². The van der Waals surface area contributed by atoms with Gasteiger partial charge in [0.1, 0.15) is 6.67 Å². The molecule has 1 saturated carbocycles. The van der Waals surface area contributed by atoms with Crippen molar-refractivity contribution in [1.82, 2.24) is 9.58 Å². The molecule has 2 aromatic carbocycles. The van der Waals surface area contributed by atoms with Gasteiger partial charge < -0.3 is 10.0 Å². The number of hydrogen-bond donors (Lipinski definition) is 1. The van der Waals surface area contributed by atoms with Gasteiger partial charge in [0.05, 0.1) is 6.04 Å². The summed E-state index contributed by atoms with van der Waals surface area (Å²) in [4.78, 5) is 28.3. The van der Waals surface area contributed by atoms with Crippen molar-refractivity contribution in [2.24, 2.45) is 0 Å². The van der Waals surface area contributed by atoms with Crippen LogP contribution >= 0.6 is 23.5 Å². The predicted octanol–water partition coefficient (Wildman–Crippen LogP) is 4.47. The highest BCUT2D eigenvalue weighted by atomic mass is 32.2. The van der Waals surface area contributed by atoms with E-state index in [0.717, 1.165) is 22.3 Å². The van der Waals surface area contributed by atoms with Crippen molar-refractivity contribution in [1.29, 1.82) is 0 Å². The lowest BCUT2D eigenvalue weighted by atomic mass is 9.94. The van der Waals surface area contributed by atoms with Gasteiger partial charge in [0, 0.05) is 46.0 Å². The number of benzene rings is 2. The fourth-order valence-corrected chi connectivity index (χ4v) is 7.06. The second-order valence-corrected chi connectivity index (χ2v) is 11.5. The molecule has 1 amide bonds. The fourth-order valence-electron chi connectivity index (χ4n) is 4.82. The Kier molecular flexibility index (Phi) is 5.95. The standard InChI is InChI=1S/C26H23F2N3O3S2/c27-19-8-7-16-18(22(19)28)13-36-21-4-2-1-3-17(21)23(16)31-14-29(11-12-35-15-5-6-15)26(34)24-25(33)20(32)9-10-30(24)31/h1-4,7-10,15,23,33H,5-6,11-14H2/t23-/m0/s1. The van der Waals surface area contributed by atoms with E-state index < -0.39 is 34.8 Å². The second kappa shape index (κ2) is 9.15. The number of amides is 1. The van der Waals surface area contributed by atoms with Crippen LogP contribution in [-0.4, -0.2) is 44.8 Å². The minimum Gasteiger partial charge on any atom is -0.502 e. The van der Waals surface area contributed by atoms with Crippen LogP contribution in [0, 0.1) is 11.6 Å². The van der Waals surface area contributed by atoms with Crippen molar-refractivity contribution in [3.8, 4) is 5.75 Å². The quantitative estimate of drug-likeness (QED) is 0.528. The van der Waals surface area contributed by atoms with Crippen LogP contribution < -0.4 is 10.4 Å². The van der Waals surface area contributed by atoms with Crippen LogP contribution in [-0.2, 0) is 5.75 Å². The molecule has 0 bridgehead atoms. The number of aromatic hydroxyl groups is 1. The van der Waals surface area contributed by atoms with Gasteiger partial charge in [0.25, 0.3) is 5.91 Å². The molecular formula is C26H23F2N3O3S2. The number of nitrogens with zero attached hydrogens (tertiary/aromatic N) is 3. The molecule has 0 radical (unpaired) electrons. The summed E-state index contributed by atoms with van der Waals surface area (Å²) in [5.41, 5.74) is 0.953. The number of carbonyl (C=O) groups is 1. The van der Waals surface area contributed by atoms with Gasteiger partial charge in [0.15, 0.2) is 23.1 Å². The fraction of sp³-hybridized carbons (Fsp3) is 0.308. The number of pyridine rings is 1. The van der Waals surface area contributed by atoms with Crippen molar-refractivity contribution < 1.29 is 18.7 Å². The van der Waals surface area contributed by atoms with Crippen LogP contribution in [0.5, 0.6) is 5.75 Å². The molecule has 1 N–H and O–H groups in total. The molecule has 6 rings (SSSR count). The first-order valence-electron chi connectivity index (χ1n) is 11.7. The van der Waals surface area contributed by atoms with Crippen LogP contribution in [0.25, 0.3) is 0 Å². The van der Waals surface area contributed by atoms with E-state index in [1.54, 1.807) is 11.0 Å². The minimum atomic E-state index is -0.909. The Morgan fingerprint density at radius 1 is 1.06 bits per heavy atom. The predicted molar refractivity (Wildman–Crippen MR) is 136 cm³/mol. The van der Waals surface area contributed by atoms with Crippen molar-refractivity contribution in [3.63, 3.8) is 0 Å². The molecule has 1 aliphatic carbocycles. The summed E-state index contributed by atoms with van der Waals surface area (Å²) in [7, 11) is 0. The molecule has 1 atom stereocenters. The van der Waals surface area contributed by atoms with Gasteiger partial charge >= 0.3 is 0 Å². The van der Waals surface area contributed by atoms with Gasteiger partial charge in [-0.3, -0.25) is 19.3 Å². The summed E-state index contributed by atoms with van der Waals surface area (Å²) in [6.45, 7) is 0.592. The normalized spacial score (nSPS) is 18.9. The molecule has 10 heteroatoms. The van der Waals surface area contributed by atoms with E-state index in [2.05, 4.69) is 0 Å². The smallest absolute Gasteiger partial charge is 0.277 e. The summed E-state index contributed by atoms with van der Waals surface area (Å²) in [6.07, 6.45) is 3.82. The number of halogens is 2. The Balaban J connectivity index is 1.52. The first kappa shape index (κ1) is 23.4. The Morgan fingerprint density at radius 3 is 2.67 bits per heavy atom. The summed E-state index contributed by atoms with van der Waals surface area (Å²) < 4.78 is 30.8. The van der Waals surface area contributed by atoms with Crippen molar-refractivity contribution in [2.75, 3.05) is 24.0 Å². The Hall–Kier alpha value is -2.98. The highest BCUT2D eigenvalue weighted by Crippen LogP contribution is 2.44. The minimum absolute atomic E-state index is 0.122. The summed E-state index contributed by atoms with van der Waals surface area (Å²) in [5, 5.41) is 13.1. The lowest BCUT2D eigenvalue weighted by Crippen LogP contribution is -2.56. The van der Waals surface area contributed by atoms with Gasteiger partial charge in [-0.15, -0.1) is 11.8 Å². The molecule has 3 aromatic rings. The number of carbonyl (C=O) groups excluding carboxylic acids is 1. The number of rotatable bonds is 5. The van der Waals surface area contributed by atoms with E-state index in [4.69, 9.17) is 0 Å². The maximum Gasteiger partial charge on any atom is 0.277 e. The van der Waals surface area contributed by atoms with E-state index in [9.17, 15) is 19.1 Å². The van der Waals surface area contributed by atoms with Crippen LogP contribution in [0.1, 0.15) is 46.1 Å². The van der Waals surface area contributed by atoms with Gasteiger partial charge in [-0.1, -0.05) is 24.3 Å². The van der Waals surface area contributed by atoms with Crippen LogP contribution in [0.2, 0.25) is 0 Å². The number of thioether (sulfide) groups is 2. The first-order valence-corrected chi connectivity index (χ1v) is 13.8. The number of fused-ring (bicyclic) bond motifs is 3. The topological polar surface area (TPSA) is 65.8 Å². The van der Waals surface area contributed by atoms with Gasteiger partial charge in [-0.2, -0.15) is 11.8 Å². The van der Waals surface area contributed by atoms with E-state index in [1.165, 1.54) is 41.5 Å². The Bertz CT molecular complexity index is 1430. The average molecular weight is 528 g/mol. The van der Waals surface area contributed by atoms with Crippen molar-refractivity contribution >= 4 is 29.4 Å². The van der Waals surface area contributed by atoms with Crippen molar-refractivity contribution in [2.45, 2.75) is 34.8 Å². The lowest BCUT2D eigenvalue weighted by molar-refractivity contribution is 0.0691. The zero-order valence-corrected chi connectivity index (χ0v) is 20.8. The molecule has 2 aliphatic heterocycles. The summed E-state index contributed by atoms with van der Waals surface area (Å²) >= 11 is 3.24. The molecule has 6 nitrogen and oxygen atoms in total. The van der Waals surface area contributed by atoms with Crippen LogP contribution in [0.4, 0.5) is 8.78 Å². The monoisotopic (exact) mass is 527 g/mol. The van der Waals surface area contributed by atoms with Gasteiger partial charge in [-0.05, 0) is 36.1 Å². The molecule has 0 spiro atoms. The molecule has 186 valence electrons. The molecule has 0 unspecified atom stereocenters. The molecule has 1 aromatic heterocycles. The highest BCUT2D eigenvalue weighted by molar-refractivity contribution is 8.00. The zero-order chi connectivity index (χ0) is 25.0. The third-order valence-corrected chi connectivity index (χ3v) is 9.26. The van der Waals surface area contributed by atoms with E-state index in [0.29, 0.717) is 17.4 Å². The Morgan fingerprint density at radius 2 is 1.86 bits per heavy atom. The molecule has 36 heavy (non-hydrogen) atoms. The molecule has 3 aliphatic rings. The van der Waals surface area contributed by atoms with Crippen LogP contribution in [0.3, 0.4) is 0 Å². The highest BCUT2D eigenvalue weighted by Gasteiger charge is 2.39. The third kappa shape index (κ3) is 3.96. The average Bonchev–Trinajstić information content (AvgIpc) is 3.71. The maximum absolute atomic E-state index is 15.1. The van der Waals surface area contributed by atoms with E-state index in [-0.39, 0.29) is 23.7 Å². The van der Waals surface area contributed by atoms with Crippen LogP contribution in [0.15, 0.2) is 58.4 Å². The Labute approximate surface area is 214 Å². The first-order chi connectivity index (χ1) is 17.4. The number of hydrogen-bond acceptors (Lipinski definition) is 6. The van der Waals surface area contributed by atoms with Gasteiger partial charge in [-0.25, -0.2) is 8.78 Å². The van der Waals surface area contributed by atoms with Crippen molar-refractivity contribution in [3.05, 3.63) is 92.9 Å². The maximum atomic E-state index is 15.1. The van der Waals surface area contributed by atoms with E-state index >= 15 is 4.39 Å². The largest absolute Gasteiger partial charge is 0.502 e. The summed E-state index contributed by atoms with van der Waals surface area (Å²) in [6, 6.07) is 11.0. The lowest BCUT2D eigenvalue weighted by Gasteiger charge is -2.44. The second-order valence-electron chi connectivity index (χ2n) is 9.10. The van der Waals surface area contributed by atoms with E-state index in [1.807, 2.05) is 41.0 Å². The molecule has 1 fully saturated rings. The molecular weight excluding hydrogens is 504 g/mol. The SMILES string of the molecule is O=C1c2c(O)c(=O)ccn2N([C@@H]2c3ccccc3SCc3c2ccc(F)c3F)CN1CCSC1CC1. The molecule has 3 heterocycles. The zero-order valence-electron chi connectivity index (χ0n) is 19.2. The summed E-state index contributed by atoms with van der Waals surface area (Å²) in [5.74, 6) is -1.85. The number of aromatic nitrogens is 1. The third-order valence-electron chi connectivity index (χ3n) is 6.79. The molecule has 0 saturated heterocycles.